The van der Waals surface area contributed by atoms with Gasteiger partial charge in [-0.25, -0.2) is 4.39 Å². The molecule has 70 valence electrons. The van der Waals surface area contributed by atoms with E-state index >= 15 is 0 Å². The first-order valence-corrected chi connectivity index (χ1v) is 3.57. The molecule has 4 nitrogen and oxygen atoms in total. The number of carboxylic acid groups (broad SMARTS) is 1. The van der Waals surface area contributed by atoms with Crippen molar-refractivity contribution in [2.45, 2.75) is 32.5 Å². The Labute approximate surface area is 69.3 Å². The molecule has 0 aliphatic carbocycles. The van der Waals surface area contributed by atoms with Gasteiger partial charge in [-0.3, -0.25) is 9.59 Å². The smallest absolute Gasteiger partial charge is 0.308 e. The molecule has 1 unspecified atom stereocenters. The highest BCUT2D eigenvalue weighted by molar-refractivity contribution is 5.71. The summed E-state index contributed by atoms with van der Waals surface area (Å²) >= 11 is 0. The fourth-order valence-electron chi connectivity index (χ4n) is 0.624. The van der Waals surface area contributed by atoms with Crippen molar-refractivity contribution in [1.82, 2.24) is 0 Å². The van der Waals surface area contributed by atoms with Crippen LogP contribution in [-0.4, -0.2) is 23.4 Å². The minimum atomic E-state index is -1.62. The van der Waals surface area contributed by atoms with Gasteiger partial charge in [0.15, 0.2) is 0 Å². The zero-order valence-electron chi connectivity index (χ0n) is 6.75. The van der Waals surface area contributed by atoms with Crippen LogP contribution in [-0.2, 0) is 14.3 Å². The molecule has 0 aromatic heterocycles. The Bertz CT molecular complexity index is 167. The van der Waals surface area contributed by atoms with E-state index in [-0.39, 0.29) is 19.3 Å². The van der Waals surface area contributed by atoms with Crippen LogP contribution in [0.1, 0.15) is 26.2 Å². The molecule has 0 aliphatic rings. The van der Waals surface area contributed by atoms with E-state index in [1.165, 1.54) is 0 Å². The van der Waals surface area contributed by atoms with Gasteiger partial charge in [0.25, 0.3) is 0 Å². The molecule has 0 saturated carbocycles. The summed E-state index contributed by atoms with van der Waals surface area (Å²) < 4.78 is 16.1. The number of carbonyl (C=O) groups excluding carboxylic acids is 1. The third kappa shape index (κ3) is 6.98. The maximum Gasteiger partial charge on any atom is 0.308 e. The molecule has 0 heterocycles. The van der Waals surface area contributed by atoms with Gasteiger partial charge < -0.3 is 9.84 Å². The molecule has 0 radical (unpaired) electrons. The maximum atomic E-state index is 12.0. The molecular weight excluding hydrogens is 167 g/mol. The predicted molar refractivity (Wildman–Crippen MR) is 38.1 cm³/mol. The van der Waals surface area contributed by atoms with Crippen molar-refractivity contribution in [1.29, 1.82) is 0 Å². The monoisotopic (exact) mass is 178 g/mol. The Morgan fingerprint density at radius 1 is 1.50 bits per heavy atom. The van der Waals surface area contributed by atoms with Crippen LogP contribution in [0.15, 0.2) is 0 Å². The number of carbonyl (C=O) groups is 2. The van der Waals surface area contributed by atoms with Gasteiger partial charge in [-0.05, 0) is 6.42 Å². The summed E-state index contributed by atoms with van der Waals surface area (Å²) in [6.07, 6.45) is -1.60. The van der Waals surface area contributed by atoms with E-state index in [1.807, 2.05) is 0 Å². The summed E-state index contributed by atoms with van der Waals surface area (Å²) in [4.78, 5) is 20.6. The molecule has 0 aromatic rings. The van der Waals surface area contributed by atoms with Gasteiger partial charge in [0.2, 0.25) is 6.36 Å². The molecule has 0 aromatic carbocycles. The summed E-state index contributed by atoms with van der Waals surface area (Å²) in [6.45, 7) is 1.09. The molecule has 5 heteroatoms. The molecule has 0 rings (SSSR count). The maximum absolute atomic E-state index is 12.0. The lowest BCUT2D eigenvalue weighted by Crippen LogP contribution is -2.10. The predicted octanol–water partition coefficient (Wildman–Crippen LogP) is 1.10. The molecule has 0 bridgehead atoms. The van der Waals surface area contributed by atoms with E-state index in [0.717, 1.165) is 6.92 Å². The van der Waals surface area contributed by atoms with Crippen LogP contribution < -0.4 is 0 Å². The number of ether oxygens (including phenoxy) is 1. The average molecular weight is 178 g/mol. The SMILES string of the molecule is CC(F)OC(=O)CCCC(=O)O. The van der Waals surface area contributed by atoms with Crippen LogP contribution in [0, 0.1) is 0 Å². The molecule has 0 saturated heterocycles. The quantitative estimate of drug-likeness (QED) is 0.640. The van der Waals surface area contributed by atoms with E-state index < -0.39 is 18.3 Å². The van der Waals surface area contributed by atoms with Crippen LogP contribution in [0.2, 0.25) is 0 Å². The van der Waals surface area contributed by atoms with Crippen molar-refractivity contribution in [3.05, 3.63) is 0 Å². The van der Waals surface area contributed by atoms with Gasteiger partial charge in [0, 0.05) is 19.8 Å². The normalized spacial score (nSPS) is 12.2. The van der Waals surface area contributed by atoms with E-state index in [2.05, 4.69) is 4.74 Å². The lowest BCUT2D eigenvalue weighted by atomic mass is 10.2. The van der Waals surface area contributed by atoms with Gasteiger partial charge in [0.1, 0.15) is 0 Å². The number of hydrogen-bond donors (Lipinski definition) is 1. The molecule has 1 atom stereocenters. The highest BCUT2D eigenvalue weighted by Crippen LogP contribution is 2.00. The highest BCUT2D eigenvalue weighted by Gasteiger charge is 2.07. The zero-order chi connectivity index (χ0) is 9.56. The first kappa shape index (κ1) is 10.9. The summed E-state index contributed by atoms with van der Waals surface area (Å²) in [7, 11) is 0. The lowest BCUT2D eigenvalue weighted by molar-refractivity contribution is -0.156. The number of carboxylic acids is 1. The Morgan fingerprint density at radius 2 is 2.08 bits per heavy atom. The summed E-state index contributed by atoms with van der Waals surface area (Å²) in [5.41, 5.74) is 0. The van der Waals surface area contributed by atoms with Gasteiger partial charge in [0.05, 0.1) is 0 Å². The van der Waals surface area contributed by atoms with Crippen LogP contribution in [0.3, 0.4) is 0 Å². The Balaban J connectivity index is 3.38. The van der Waals surface area contributed by atoms with E-state index in [1.54, 1.807) is 0 Å². The van der Waals surface area contributed by atoms with Crippen molar-refractivity contribution in [3.63, 3.8) is 0 Å². The third-order valence-corrected chi connectivity index (χ3v) is 1.07. The van der Waals surface area contributed by atoms with Crippen molar-refractivity contribution in [2.24, 2.45) is 0 Å². The fraction of sp³-hybridized carbons (Fsp3) is 0.714. The standard InChI is InChI=1S/C7H11FO4/c1-5(8)12-7(11)4-2-3-6(9)10/h5H,2-4H2,1H3,(H,9,10). The van der Waals surface area contributed by atoms with Crippen LogP contribution in [0.4, 0.5) is 4.39 Å². The molecular formula is C7H11FO4. The third-order valence-electron chi connectivity index (χ3n) is 1.07. The number of alkyl halides is 1. The van der Waals surface area contributed by atoms with Gasteiger partial charge in [-0.1, -0.05) is 0 Å². The van der Waals surface area contributed by atoms with Gasteiger partial charge in [-0.15, -0.1) is 0 Å². The first-order chi connectivity index (χ1) is 5.52. The average Bonchev–Trinajstić information content (AvgIpc) is 1.84. The highest BCUT2D eigenvalue weighted by atomic mass is 19.1. The van der Waals surface area contributed by atoms with Gasteiger partial charge >= 0.3 is 11.9 Å². The zero-order valence-corrected chi connectivity index (χ0v) is 6.75. The first-order valence-electron chi connectivity index (χ1n) is 3.57. The van der Waals surface area contributed by atoms with E-state index in [0.29, 0.717) is 0 Å². The van der Waals surface area contributed by atoms with Crippen LogP contribution in [0.25, 0.3) is 0 Å². The lowest BCUT2D eigenvalue weighted by Gasteiger charge is -2.03. The number of rotatable bonds is 5. The van der Waals surface area contributed by atoms with Crippen molar-refractivity contribution in [3.8, 4) is 0 Å². The minimum absolute atomic E-state index is 0.0550. The number of hydrogen-bond acceptors (Lipinski definition) is 3. The number of halogens is 1. The second-order valence-electron chi connectivity index (χ2n) is 2.28. The molecule has 1 N–H and O–H groups in total. The summed E-state index contributed by atoms with van der Waals surface area (Å²) in [5, 5.41) is 8.18. The van der Waals surface area contributed by atoms with Crippen molar-refractivity contribution in [2.75, 3.05) is 0 Å². The second kappa shape index (κ2) is 5.51. The largest absolute Gasteiger partial charge is 0.481 e. The number of esters is 1. The Kier molecular flexibility index (Phi) is 4.99. The van der Waals surface area contributed by atoms with Crippen LogP contribution >= 0.6 is 0 Å². The van der Waals surface area contributed by atoms with Crippen LogP contribution in [0.5, 0.6) is 0 Å². The van der Waals surface area contributed by atoms with E-state index in [4.69, 9.17) is 5.11 Å². The van der Waals surface area contributed by atoms with Crippen molar-refractivity contribution < 1.29 is 23.8 Å². The second-order valence-corrected chi connectivity index (χ2v) is 2.28. The topological polar surface area (TPSA) is 63.6 Å². The van der Waals surface area contributed by atoms with Gasteiger partial charge in [-0.2, -0.15) is 0 Å². The Hall–Kier alpha value is -1.13. The molecule has 12 heavy (non-hydrogen) atoms. The number of aliphatic carboxylic acids is 1. The van der Waals surface area contributed by atoms with Crippen molar-refractivity contribution >= 4 is 11.9 Å². The Morgan fingerprint density at radius 3 is 2.50 bits per heavy atom. The summed E-state index contributed by atoms with van der Waals surface area (Å²) in [5.74, 6) is -1.68. The minimum Gasteiger partial charge on any atom is -0.481 e. The van der Waals surface area contributed by atoms with E-state index in [9.17, 15) is 14.0 Å². The molecule has 0 aliphatic heterocycles. The molecule has 0 amide bonds. The molecule has 0 fully saturated rings. The summed E-state index contributed by atoms with van der Waals surface area (Å²) in [6, 6.07) is 0. The molecule has 0 spiro atoms. The fourth-order valence-corrected chi connectivity index (χ4v) is 0.624.